The van der Waals surface area contributed by atoms with E-state index in [1.54, 1.807) is 7.11 Å². The topological polar surface area (TPSA) is 65.0 Å². The standard InChI is InChI=1S/C15H28O5/c1-10-6-7-11(20-13(10)16)8-12(18-5)9-19-14(17)15(2,3)4/h10-13,16H,6-9H2,1-5H3/t10-,11+,12+,13+/m1/s1. The summed E-state index contributed by atoms with van der Waals surface area (Å²) in [4.78, 5) is 11.7. The number of carbonyl (C=O) groups excluding carboxylic acids is 1. The van der Waals surface area contributed by atoms with Crippen LogP contribution in [0.2, 0.25) is 0 Å². The van der Waals surface area contributed by atoms with Crippen LogP contribution in [-0.4, -0.2) is 43.3 Å². The third-order valence-electron chi connectivity index (χ3n) is 3.63. The molecule has 1 saturated heterocycles. The van der Waals surface area contributed by atoms with Crippen molar-refractivity contribution < 1.29 is 24.1 Å². The molecular formula is C15H28O5. The van der Waals surface area contributed by atoms with Crippen molar-refractivity contribution in [2.75, 3.05) is 13.7 Å². The molecule has 0 amide bonds. The zero-order chi connectivity index (χ0) is 15.3. The summed E-state index contributed by atoms with van der Waals surface area (Å²) in [7, 11) is 1.59. The summed E-state index contributed by atoms with van der Waals surface area (Å²) in [5, 5.41) is 9.71. The third-order valence-corrected chi connectivity index (χ3v) is 3.63. The molecule has 1 rings (SSSR count). The lowest BCUT2D eigenvalue weighted by Crippen LogP contribution is -2.37. The van der Waals surface area contributed by atoms with Crippen molar-refractivity contribution in [3.05, 3.63) is 0 Å². The van der Waals surface area contributed by atoms with Gasteiger partial charge in [-0.3, -0.25) is 4.79 Å². The number of ether oxygens (including phenoxy) is 3. The number of esters is 1. The molecule has 0 saturated carbocycles. The van der Waals surface area contributed by atoms with E-state index in [9.17, 15) is 9.90 Å². The molecule has 1 heterocycles. The molecule has 1 fully saturated rings. The zero-order valence-corrected chi connectivity index (χ0v) is 13.2. The van der Waals surface area contributed by atoms with Crippen LogP contribution < -0.4 is 0 Å². The largest absolute Gasteiger partial charge is 0.463 e. The van der Waals surface area contributed by atoms with Crippen LogP contribution in [0.25, 0.3) is 0 Å². The van der Waals surface area contributed by atoms with E-state index in [0.717, 1.165) is 12.8 Å². The number of rotatable bonds is 5. The van der Waals surface area contributed by atoms with Crippen LogP contribution >= 0.6 is 0 Å². The Balaban J connectivity index is 2.38. The third kappa shape index (κ3) is 5.38. The SMILES string of the molecule is CO[C@H](COC(=O)C(C)(C)C)C[C@@H]1CC[C@@H](C)[C@@H](O)O1. The second-order valence-corrected chi connectivity index (χ2v) is 6.65. The van der Waals surface area contributed by atoms with Gasteiger partial charge in [0.05, 0.1) is 17.6 Å². The highest BCUT2D eigenvalue weighted by Crippen LogP contribution is 2.26. The van der Waals surface area contributed by atoms with Gasteiger partial charge in [-0.05, 0) is 33.6 Å². The predicted molar refractivity (Wildman–Crippen MR) is 75.1 cm³/mol. The second-order valence-electron chi connectivity index (χ2n) is 6.65. The number of aliphatic hydroxyl groups excluding tert-OH is 1. The molecule has 0 unspecified atom stereocenters. The van der Waals surface area contributed by atoms with Crippen LogP contribution in [0.15, 0.2) is 0 Å². The van der Waals surface area contributed by atoms with Crippen molar-refractivity contribution in [3.8, 4) is 0 Å². The summed E-state index contributed by atoms with van der Waals surface area (Å²) >= 11 is 0. The molecular weight excluding hydrogens is 260 g/mol. The Labute approximate surface area is 121 Å². The van der Waals surface area contributed by atoms with E-state index < -0.39 is 11.7 Å². The minimum Gasteiger partial charge on any atom is -0.463 e. The molecule has 0 aromatic rings. The molecule has 1 aliphatic heterocycles. The van der Waals surface area contributed by atoms with Crippen molar-refractivity contribution in [2.45, 2.75) is 65.5 Å². The van der Waals surface area contributed by atoms with Crippen molar-refractivity contribution in [2.24, 2.45) is 11.3 Å². The number of aliphatic hydroxyl groups is 1. The van der Waals surface area contributed by atoms with Crippen molar-refractivity contribution in [3.63, 3.8) is 0 Å². The number of hydrogen-bond donors (Lipinski definition) is 1. The van der Waals surface area contributed by atoms with Crippen LogP contribution in [0.4, 0.5) is 0 Å². The molecule has 1 N–H and O–H groups in total. The summed E-state index contributed by atoms with van der Waals surface area (Å²) in [6.07, 6.45) is 1.50. The Kier molecular flexibility index (Phi) is 6.43. The molecule has 118 valence electrons. The van der Waals surface area contributed by atoms with Gasteiger partial charge in [0.1, 0.15) is 6.61 Å². The van der Waals surface area contributed by atoms with Gasteiger partial charge >= 0.3 is 5.97 Å². The Morgan fingerprint density at radius 1 is 1.40 bits per heavy atom. The molecule has 0 aliphatic carbocycles. The minimum absolute atomic E-state index is 0.0421. The fourth-order valence-corrected chi connectivity index (χ4v) is 2.07. The van der Waals surface area contributed by atoms with Gasteiger partial charge in [-0.15, -0.1) is 0 Å². The molecule has 0 bridgehead atoms. The number of hydrogen-bond acceptors (Lipinski definition) is 5. The van der Waals surface area contributed by atoms with Crippen LogP contribution in [0, 0.1) is 11.3 Å². The molecule has 20 heavy (non-hydrogen) atoms. The first kappa shape index (κ1) is 17.4. The maximum Gasteiger partial charge on any atom is 0.311 e. The highest BCUT2D eigenvalue weighted by atomic mass is 16.6. The first-order valence-corrected chi connectivity index (χ1v) is 7.27. The monoisotopic (exact) mass is 288 g/mol. The van der Waals surface area contributed by atoms with E-state index in [-0.39, 0.29) is 30.7 Å². The normalized spacial score (nSPS) is 29.0. The number of carbonyl (C=O) groups is 1. The van der Waals surface area contributed by atoms with Gasteiger partial charge < -0.3 is 19.3 Å². The maximum atomic E-state index is 11.7. The van der Waals surface area contributed by atoms with Gasteiger partial charge in [0.25, 0.3) is 0 Å². The predicted octanol–water partition coefficient (Wildman–Crippen LogP) is 2.11. The van der Waals surface area contributed by atoms with E-state index in [1.807, 2.05) is 27.7 Å². The van der Waals surface area contributed by atoms with Crippen LogP contribution in [0.5, 0.6) is 0 Å². The van der Waals surface area contributed by atoms with Gasteiger partial charge in [0.15, 0.2) is 6.29 Å². The lowest BCUT2D eigenvalue weighted by molar-refractivity contribution is -0.198. The summed E-state index contributed by atoms with van der Waals surface area (Å²) < 4.78 is 16.1. The van der Waals surface area contributed by atoms with E-state index in [4.69, 9.17) is 14.2 Å². The Morgan fingerprint density at radius 3 is 2.55 bits per heavy atom. The molecule has 5 nitrogen and oxygen atoms in total. The first-order chi connectivity index (χ1) is 9.24. The highest BCUT2D eigenvalue weighted by molar-refractivity contribution is 5.75. The fourth-order valence-electron chi connectivity index (χ4n) is 2.07. The van der Waals surface area contributed by atoms with E-state index >= 15 is 0 Å². The van der Waals surface area contributed by atoms with Gasteiger partial charge in [0.2, 0.25) is 0 Å². The van der Waals surface area contributed by atoms with E-state index in [1.165, 1.54) is 0 Å². The highest BCUT2D eigenvalue weighted by Gasteiger charge is 2.30. The molecule has 5 heteroatoms. The van der Waals surface area contributed by atoms with Gasteiger partial charge in [0, 0.05) is 19.4 Å². The van der Waals surface area contributed by atoms with Crippen LogP contribution in [0.1, 0.15) is 47.0 Å². The van der Waals surface area contributed by atoms with Gasteiger partial charge in [-0.1, -0.05) is 6.92 Å². The van der Waals surface area contributed by atoms with Crippen molar-refractivity contribution in [1.82, 2.24) is 0 Å². The molecule has 0 aromatic carbocycles. The fraction of sp³-hybridized carbons (Fsp3) is 0.933. The average molecular weight is 288 g/mol. The molecule has 1 aliphatic rings. The van der Waals surface area contributed by atoms with E-state index in [0.29, 0.717) is 6.42 Å². The summed E-state index contributed by atoms with van der Waals surface area (Å²) in [6, 6.07) is 0. The van der Waals surface area contributed by atoms with Crippen LogP contribution in [-0.2, 0) is 19.0 Å². The van der Waals surface area contributed by atoms with Crippen molar-refractivity contribution in [1.29, 1.82) is 0 Å². The molecule has 0 radical (unpaired) electrons. The Bertz CT molecular complexity index is 310. The molecule has 0 spiro atoms. The summed E-state index contributed by atoms with van der Waals surface area (Å²) in [6.45, 7) is 7.65. The lowest BCUT2D eigenvalue weighted by Gasteiger charge is -2.33. The molecule has 4 atom stereocenters. The number of methoxy groups -OCH3 is 1. The van der Waals surface area contributed by atoms with Crippen LogP contribution in [0.3, 0.4) is 0 Å². The summed E-state index contributed by atoms with van der Waals surface area (Å²) in [5.41, 5.74) is -0.509. The second kappa shape index (κ2) is 7.38. The summed E-state index contributed by atoms with van der Waals surface area (Å²) in [5.74, 6) is -0.0660. The Morgan fingerprint density at radius 2 is 2.05 bits per heavy atom. The Hall–Kier alpha value is -0.650. The maximum absolute atomic E-state index is 11.7. The average Bonchev–Trinajstić information content (AvgIpc) is 2.37. The van der Waals surface area contributed by atoms with E-state index in [2.05, 4.69) is 0 Å². The minimum atomic E-state index is -0.705. The molecule has 0 aromatic heterocycles. The quantitative estimate of drug-likeness (QED) is 0.785. The lowest BCUT2D eigenvalue weighted by atomic mass is 9.95. The van der Waals surface area contributed by atoms with Crippen molar-refractivity contribution >= 4 is 5.97 Å². The zero-order valence-electron chi connectivity index (χ0n) is 13.2. The van der Waals surface area contributed by atoms with Gasteiger partial charge in [-0.2, -0.15) is 0 Å². The first-order valence-electron chi connectivity index (χ1n) is 7.27. The smallest absolute Gasteiger partial charge is 0.311 e. The van der Waals surface area contributed by atoms with Gasteiger partial charge in [-0.25, -0.2) is 0 Å².